The predicted octanol–water partition coefficient (Wildman–Crippen LogP) is 14.6. The second kappa shape index (κ2) is 13.1. The van der Waals surface area contributed by atoms with Crippen LogP contribution in [0, 0.1) is 0 Å². The van der Waals surface area contributed by atoms with Crippen molar-refractivity contribution in [1.82, 2.24) is 0 Å². The Bertz CT molecular complexity index is 2760. The molecule has 10 rings (SSSR count). The first-order valence-corrected chi connectivity index (χ1v) is 18.6. The fourth-order valence-corrected chi connectivity index (χ4v) is 8.55. The van der Waals surface area contributed by atoms with Crippen LogP contribution < -0.4 is 4.90 Å². The summed E-state index contributed by atoms with van der Waals surface area (Å²) in [6.45, 7) is 0. The zero-order chi connectivity index (χ0) is 35.1. The van der Waals surface area contributed by atoms with Gasteiger partial charge in [-0.25, -0.2) is 0 Å². The van der Waals surface area contributed by atoms with E-state index in [1.165, 1.54) is 76.8 Å². The Hall–Kier alpha value is -6.70. The number of rotatable bonds is 6. The first-order valence-electron chi connectivity index (χ1n) is 18.6. The van der Waals surface area contributed by atoms with Gasteiger partial charge in [0.1, 0.15) is 0 Å². The summed E-state index contributed by atoms with van der Waals surface area (Å²) in [4.78, 5) is 2.37. The molecule has 0 N–H and O–H groups in total. The molecule has 9 aromatic carbocycles. The molecule has 0 saturated carbocycles. The maximum Gasteiger partial charge on any atom is 0.0468 e. The molecule has 0 aromatic heterocycles. The minimum Gasteiger partial charge on any atom is -0.310 e. The van der Waals surface area contributed by atoms with Crippen molar-refractivity contribution < 1.29 is 0 Å². The summed E-state index contributed by atoms with van der Waals surface area (Å²) < 4.78 is 0. The molecule has 0 spiro atoms. The van der Waals surface area contributed by atoms with Crippen molar-refractivity contribution >= 4 is 55.5 Å². The fourth-order valence-electron chi connectivity index (χ4n) is 8.55. The molecule has 53 heavy (non-hydrogen) atoms. The molecule has 1 nitrogen and oxygen atoms in total. The summed E-state index contributed by atoms with van der Waals surface area (Å²) in [6, 6.07) is 68.9. The molecule has 0 heterocycles. The number of nitrogens with zero attached hydrogens (tertiary/aromatic N) is 1. The molecular formula is C52H37N. The number of benzene rings is 9. The van der Waals surface area contributed by atoms with Crippen LogP contribution in [0.15, 0.2) is 194 Å². The van der Waals surface area contributed by atoms with Gasteiger partial charge in [0.2, 0.25) is 0 Å². The van der Waals surface area contributed by atoms with Crippen molar-refractivity contribution in [2.24, 2.45) is 0 Å². The van der Waals surface area contributed by atoms with E-state index in [4.69, 9.17) is 0 Å². The normalized spacial score (nSPS) is 12.3. The molecule has 0 saturated heterocycles. The highest BCUT2D eigenvalue weighted by Crippen LogP contribution is 2.51. The average Bonchev–Trinajstić information content (AvgIpc) is 3.24. The summed E-state index contributed by atoms with van der Waals surface area (Å²) in [5.74, 6) is 0. The van der Waals surface area contributed by atoms with E-state index in [0.717, 1.165) is 29.9 Å². The molecule has 0 unspecified atom stereocenters. The molecule has 0 radical (unpaired) electrons. The van der Waals surface area contributed by atoms with Crippen LogP contribution in [0.1, 0.15) is 17.5 Å². The Labute approximate surface area is 310 Å². The third-order valence-electron chi connectivity index (χ3n) is 10.9. The Morgan fingerprint density at radius 2 is 0.981 bits per heavy atom. The first kappa shape index (κ1) is 31.1. The van der Waals surface area contributed by atoms with Crippen molar-refractivity contribution in [3.05, 3.63) is 205 Å². The number of hydrogen-bond acceptors (Lipinski definition) is 1. The van der Waals surface area contributed by atoms with E-state index in [9.17, 15) is 0 Å². The van der Waals surface area contributed by atoms with Gasteiger partial charge in [0.05, 0.1) is 0 Å². The highest BCUT2D eigenvalue weighted by molar-refractivity contribution is 6.33. The van der Waals surface area contributed by atoms with Gasteiger partial charge in [-0.2, -0.15) is 0 Å². The van der Waals surface area contributed by atoms with E-state index in [0.29, 0.717) is 0 Å². The van der Waals surface area contributed by atoms with E-state index in [-0.39, 0.29) is 0 Å². The lowest BCUT2D eigenvalue weighted by molar-refractivity contribution is 0.986. The van der Waals surface area contributed by atoms with Crippen LogP contribution in [0.4, 0.5) is 17.1 Å². The van der Waals surface area contributed by atoms with Gasteiger partial charge in [0.15, 0.2) is 0 Å². The van der Waals surface area contributed by atoms with Gasteiger partial charge in [-0.05, 0) is 132 Å². The minimum absolute atomic E-state index is 1.06. The lowest BCUT2D eigenvalue weighted by Crippen LogP contribution is -2.09. The zero-order valence-electron chi connectivity index (χ0n) is 29.4. The van der Waals surface area contributed by atoms with Crippen LogP contribution >= 0.6 is 0 Å². The monoisotopic (exact) mass is 675 g/mol. The predicted molar refractivity (Wildman–Crippen MR) is 227 cm³/mol. The number of para-hydroxylation sites is 2. The number of allylic oxidation sites excluding steroid dienone is 1. The first-order chi connectivity index (χ1) is 26.3. The second-order valence-corrected chi connectivity index (χ2v) is 13.9. The lowest BCUT2D eigenvalue weighted by atomic mass is 9.79. The van der Waals surface area contributed by atoms with Crippen LogP contribution in [0.25, 0.3) is 71.8 Å². The van der Waals surface area contributed by atoms with E-state index in [2.05, 4.69) is 205 Å². The van der Waals surface area contributed by atoms with Gasteiger partial charge in [-0.15, -0.1) is 0 Å². The molecule has 0 fully saturated rings. The quantitative estimate of drug-likeness (QED) is 0.159. The fraction of sp³-hybridized carbons (Fsp3) is 0.0385. The van der Waals surface area contributed by atoms with Crippen molar-refractivity contribution in [2.75, 3.05) is 4.90 Å². The standard InChI is InChI=1S/C52H37N/c1-5-18-37(19-6-1)47-35-49(43-31-17-23-36-20-13-14-28-42(36)43)50(38-21-7-2-8-22-38)52-46-33-32-41(34-48(46)44-29-15-16-30-45(44)51(47)52)53(39-24-9-3-10-25-39)40-26-11-4-12-27-40/h1-12,14-19,21-35H,13,20H2. The number of anilines is 3. The Morgan fingerprint density at radius 3 is 1.68 bits per heavy atom. The molecule has 1 heteroatoms. The zero-order valence-corrected chi connectivity index (χ0v) is 29.4. The Kier molecular flexibility index (Phi) is 7.69. The molecule has 250 valence electrons. The Morgan fingerprint density at radius 1 is 0.377 bits per heavy atom. The summed E-state index contributed by atoms with van der Waals surface area (Å²) in [5, 5.41) is 7.58. The highest BCUT2D eigenvalue weighted by Gasteiger charge is 2.24. The second-order valence-electron chi connectivity index (χ2n) is 13.9. The van der Waals surface area contributed by atoms with Crippen molar-refractivity contribution in [1.29, 1.82) is 0 Å². The average molecular weight is 676 g/mol. The van der Waals surface area contributed by atoms with Crippen LogP contribution in [0.3, 0.4) is 0 Å². The van der Waals surface area contributed by atoms with E-state index < -0.39 is 0 Å². The van der Waals surface area contributed by atoms with E-state index in [1.807, 2.05) is 0 Å². The van der Waals surface area contributed by atoms with Gasteiger partial charge in [0, 0.05) is 17.1 Å². The largest absolute Gasteiger partial charge is 0.310 e. The van der Waals surface area contributed by atoms with E-state index in [1.54, 1.807) is 0 Å². The number of fused-ring (bicyclic) bond motifs is 7. The summed E-state index contributed by atoms with van der Waals surface area (Å²) >= 11 is 0. The topological polar surface area (TPSA) is 3.24 Å². The van der Waals surface area contributed by atoms with Gasteiger partial charge in [0.25, 0.3) is 0 Å². The molecule has 9 aromatic rings. The van der Waals surface area contributed by atoms with Gasteiger partial charge >= 0.3 is 0 Å². The lowest BCUT2D eigenvalue weighted by Gasteiger charge is -2.27. The third kappa shape index (κ3) is 5.32. The minimum atomic E-state index is 1.06. The number of aryl methyl sites for hydroxylation is 1. The van der Waals surface area contributed by atoms with E-state index >= 15 is 0 Å². The molecule has 0 bridgehead atoms. The van der Waals surface area contributed by atoms with Gasteiger partial charge in [-0.1, -0.05) is 158 Å². The molecule has 0 aliphatic heterocycles. The number of hydrogen-bond donors (Lipinski definition) is 0. The van der Waals surface area contributed by atoms with Crippen molar-refractivity contribution in [3.63, 3.8) is 0 Å². The van der Waals surface area contributed by atoms with Crippen LogP contribution in [0.5, 0.6) is 0 Å². The van der Waals surface area contributed by atoms with Gasteiger partial charge in [-0.3, -0.25) is 0 Å². The summed E-state index contributed by atoms with van der Waals surface area (Å²) in [5.41, 5.74) is 13.7. The SMILES string of the molecule is C1=Cc2c(cccc2-c2cc(-c3ccccc3)c3c4ccccc4c4cc(N(c5ccccc5)c5ccccc5)ccc4c3c2-c2ccccc2)CC1. The van der Waals surface area contributed by atoms with Crippen molar-refractivity contribution in [3.8, 4) is 33.4 Å². The molecule has 1 aliphatic rings. The third-order valence-corrected chi connectivity index (χ3v) is 10.9. The maximum atomic E-state index is 2.48. The van der Waals surface area contributed by atoms with Crippen LogP contribution in [-0.4, -0.2) is 0 Å². The molecule has 0 amide bonds. The van der Waals surface area contributed by atoms with Crippen molar-refractivity contribution in [2.45, 2.75) is 12.8 Å². The Balaban J connectivity index is 1.39. The maximum absolute atomic E-state index is 2.48. The summed E-state index contributed by atoms with van der Waals surface area (Å²) in [7, 11) is 0. The van der Waals surface area contributed by atoms with Gasteiger partial charge < -0.3 is 4.90 Å². The molecular weight excluding hydrogens is 639 g/mol. The van der Waals surface area contributed by atoms with Crippen LogP contribution in [-0.2, 0) is 6.42 Å². The molecule has 0 atom stereocenters. The summed E-state index contributed by atoms with van der Waals surface area (Å²) in [6.07, 6.45) is 6.83. The molecule has 1 aliphatic carbocycles. The highest BCUT2D eigenvalue weighted by atomic mass is 15.1. The van der Waals surface area contributed by atoms with Crippen LogP contribution in [0.2, 0.25) is 0 Å². The smallest absolute Gasteiger partial charge is 0.0468 e.